The van der Waals surface area contributed by atoms with Gasteiger partial charge in [0.2, 0.25) is 6.79 Å². The zero-order valence-corrected chi connectivity index (χ0v) is 10.5. The molecule has 1 aliphatic carbocycles. The number of allylic oxidation sites excluding steroid dienone is 2. The quantitative estimate of drug-likeness (QED) is 0.881. The van der Waals surface area contributed by atoms with Crippen LogP contribution in [0.3, 0.4) is 0 Å². The van der Waals surface area contributed by atoms with Crippen LogP contribution in [-0.4, -0.2) is 19.9 Å². The number of rotatable bonds is 4. The SMILES string of the molecule is CNC(Cc1ccc2c(c1)OCO2)C1=CCC=C1. The summed E-state index contributed by atoms with van der Waals surface area (Å²) in [6, 6.07) is 6.54. The normalized spacial score (nSPS) is 17.9. The summed E-state index contributed by atoms with van der Waals surface area (Å²) in [5, 5.41) is 3.37. The minimum Gasteiger partial charge on any atom is -0.454 e. The van der Waals surface area contributed by atoms with Crippen LogP contribution in [0.25, 0.3) is 0 Å². The minimum atomic E-state index is 0.335. The molecule has 3 heteroatoms. The van der Waals surface area contributed by atoms with E-state index in [1.807, 2.05) is 13.1 Å². The predicted molar refractivity (Wildman–Crippen MR) is 71.0 cm³/mol. The molecule has 94 valence electrons. The van der Waals surface area contributed by atoms with Crippen molar-refractivity contribution in [3.05, 3.63) is 47.6 Å². The first-order chi connectivity index (χ1) is 8.86. The van der Waals surface area contributed by atoms with E-state index >= 15 is 0 Å². The standard InChI is InChI=1S/C15H17NO2/c1-16-13(12-4-2-3-5-12)8-11-6-7-14-15(9-11)18-10-17-14/h2,4-7,9,13,16H,3,8,10H2,1H3. The van der Waals surface area contributed by atoms with Crippen molar-refractivity contribution in [2.45, 2.75) is 18.9 Å². The lowest BCUT2D eigenvalue weighted by Gasteiger charge is -2.16. The number of ether oxygens (including phenoxy) is 2. The first-order valence-electron chi connectivity index (χ1n) is 6.29. The number of hydrogen-bond donors (Lipinski definition) is 1. The zero-order chi connectivity index (χ0) is 12.4. The molecule has 0 spiro atoms. The molecule has 18 heavy (non-hydrogen) atoms. The van der Waals surface area contributed by atoms with Gasteiger partial charge in [-0.25, -0.2) is 0 Å². The highest BCUT2D eigenvalue weighted by Gasteiger charge is 2.16. The highest BCUT2D eigenvalue weighted by molar-refractivity contribution is 5.45. The largest absolute Gasteiger partial charge is 0.454 e. The Hall–Kier alpha value is -1.74. The molecule has 0 aromatic heterocycles. The summed E-state index contributed by atoms with van der Waals surface area (Å²) < 4.78 is 10.7. The Morgan fingerprint density at radius 2 is 2.17 bits per heavy atom. The van der Waals surface area contributed by atoms with E-state index in [4.69, 9.17) is 9.47 Å². The maximum absolute atomic E-state index is 5.41. The van der Waals surface area contributed by atoms with Gasteiger partial charge in [0.25, 0.3) is 0 Å². The van der Waals surface area contributed by atoms with Crippen molar-refractivity contribution in [1.82, 2.24) is 5.32 Å². The molecule has 0 bridgehead atoms. The van der Waals surface area contributed by atoms with E-state index in [2.05, 4.69) is 35.7 Å². The van der Waals surface area contributed by atoms with Crippen LogP contribution in [0.2, 0.25) is 0 Å². The second-order valence-electron chi connectivity index (χ2n) is 4.58. The molecule has 1 aromatic carbocycles. The summed E-state index contributed by atoms with van der Waals surface area (Å²) in [5.41, 5.74) is 2.63. The summed E-state index contributed by atoms with van der Waals surface area (Å²) in [6.07, 6.45) is 8.68. The Bertz CT molecular complexity index is 505. The van der Waals surface area contributed by atoms with E-state index in [0.29, 0.717) is 12.8 Å². The van der Waals surface area contributed by atoms with Gasteiger partial charge in [-0.1, -0.05) is 24.3 Å². The molecule has 1 atom stereocenters. The molecule has 0 fully saturated rings. The van der Waals surface area contributed by atoms with Crippen LogP contribution in [0.15, 0.2) is 42.0 Å². The fourth-order valence-corrected chi connectivity index (χ4v) is 2.42. The fraction of sp³-hybridized carbons (Fsp3) is 0.333. The van der Waals surface area contributed by atoms with Crippen LogP contribution in [0.1, 0.15) is 12.0 Å². The minimum absolute atomic E-state index is 0.335. The number of nitrogens with one attached hydrogen (secondary N) is 1. The number of hydrogen-bond acceptors (Lipinski definition) is 3. The van der Waals surface area contributed by atoms with Crippen LogP contribution in [0.5, 0.6) is 11.5 Å². The topological polar surface area (TPSA) is 30.5 Å². The molecule has 1 heterocycles. The van der Waals surface area contributed by atoms with E-state index in [-0.39, 0.29) is 0 Å². The van der Waals surface area contributed by atoms with Crippen molar-refractivity contribution in [3.8, 4) is 11.5 Å². The van der Waals surface area contributed by atoms with Gasteiger partial charge in [-0.3, -0.25) is 0 Å². The number of fused-ring (bicyclic) bond motifs is 1. The van der Waals surface area contributed by atoms with E-state index in [0.717, 1.165) is 24.3 Å². The van der Waals surface area contributed by atoms with Gasteiger partial charge in [-0.05, 0) is 43.2 Å². The molecule has 1 aromatic rings. The average Bonchev–Trinajstić information content (AvgIpc) is 3.06. The van der Waals surface area contributed by atoms with E-state index in [9.17, 15) is 0 Å². The van der Waals surface area contributed by atoms with Gasteiger partial charge in [0.15, 0.2) is 11.5 Å². The summed E-state index contributed by atoms with van der Waals surface area (Å²) >= 11 is 0. The summed E-state index contributed by atoms with van der Waals surface area (Å²) in [4.78, 5) is 0. The van der Waals surface area contributed by atoms with Gasteiger partial charge in [0.05, 0.1) is 0 Å². The van der Waals surface area contributed by atoms with Crippen molar-refractivity contribution in [1.29, 1.82) is 0 Å². The van der Waals surface area contributed by atoms with Crippen molar-refractivity contribution < 1.29 is 9.47 Å². The van der Waals surface area contributed by atoms with Crippen LogP contribution < -0.4 is 14.8 Å². The van der Waals surface area contributed by atoms with Gasteiger partial charge in [0, 0.05) is 6.04 Å². The predicted octanol–water partition coefficient (Wildman–Crippen LogP) is 2.43. The van der Waals surface area contributed by atoms with Crippen LogP contribution in [0, 0.1) is 0 Å². The van der Waals surface area contributed by atoms with Crippen LogP contribution in [0.4, 0.5) is 0 Å². The van der Waals surface area contributed by atoms with Crippen molar-refractivity contribution in [3.63, 3.8) is 0 Å². The Kier molecular flexibility index (Phi) is 3.07. The summed E-state index contributed by atoms with van der Waals surface area (Å²) in [6.45, 7) is 0.335. The second kappa shape index (κ2) is 4.86. The highest BCUT2D eigenvalue weighted by Crippen LogP contribution is 2.33. The molecule has 1 unspecified atom stereocenters. The lowest BCUT2D eigenvalue weighted by atomic mass is 9.99. The molecular formula is C15H17NO2. The molecule has 3 rings (SSSR count). The Morgan fingerprint density at radius 3 is 2.94 bits per heavy atom. The third kappa shape index (κ3) is 2.14. The fourth-order valence-electron chi connectivity index (χ4n) is 2.42. The summed E-state index contributed by atoms with van der Waals surface area (Å²) in [5.74, 6) is 1.71. The Labute approximate surface area is 107 Å². The third-order valence-corrected chi connectivity index (χ3v) is 3.43. The molecule has 0 radical (unpaired) electrons. The number of benzene rings is 1. The average molecular weight is 243 g/mol. The van der Waals surface area contributed by atoms with Gasteiger partial charge in [-0.15, -0.1) is 0 Å². The number of likely N-dealkylation sites (N-methyl/N-ethyl adjacent to an activating group) is 1. The van der Waals surface area contributed by atoms with Gasteiger partial charge in [0.1, 0.15) is 0 Å². The van der Waals surface area contributed by atoms with Crippen molar-refractivity contribution >= 4 is 0 Å². The van der Waals surface area contributed by atoms with Gasteiger partial charge < -0.3 is 14.8 Å². The molecular weight excluding hydrogens is 226 g/mol. The smallest absolute Gasteiger partial charge is 0.231 e. The molecule has 1 N–H and O–H groups in total. The van der Waals surface area contributed by atoms with Crippen molar-refractivity contribution in [2.24, 2.45) is 0 Å². The molecule has 3 nitrogen and oxygen atoms in total. The van der Waals surface area contributed by atoms with Crippen LogP contribution in [-0.2, 0) is 6.42 Å². The third-order valence-electron chi connectivity index (χ3n) is 3.43. The lowest BCUT2D eigenvalue weighted by molar-refractivity contribution is 0.174. The maximum atomic E-state index is 5.41. The monoisotopic (exact) mass is 243 g/mol. The van der Waals surface area contributed by atoms with E-state index < -0.39 is 0 Å². The molecule has 0 saturated carbocycles. The van der Waals surface area contributed by atoms with E-state index in [1.165, 1.54) is 11.1 Å². The first-order valence-corrected chi connectivity index (χ1v) is 6.29. The summed E-state index contributed by atoms with van der Waals surface area (Å²) in [7, 11) is 2.00. The Morgan fingerprint density at radius 1 is 1.28 bits per heavy atom. The van der Waals surface area contributed by atoms with Crippen LogP contribution >= 0.6 is 0 Å². The molecule has 2 aliphatic rings. The van der Waals surface area contributed by atoms with E-state index in [1.54, 1.807) is 0 Å². The molecule has 0 amide bonds. The zero-order valence-electron chi connectivity index (χ0n) is 10.5. The first kappa shape index (κ1) is 11.4. The molecule has 0 saturated heterocycles. The Balaban J connectivity index is 1.77. The lowest BCUT2D eigenvalue weighted by Crippen LogP contribution is -2.28. The van der Waals surface area contributed by atoms with Gasteiger partial charge >= 0.3 is 0 Å². The molecule has 1 aliphatic heterocycles. The second-order valence-corrected chi connectivity index (χ2v) is 4.58. The highest BCUT2D eigenvalue weighted by atomic mass is 16.7. The van der Waals surface area contributed by atoms with Crippen molar-refractivity contribution in [2.75, 3.05) is 13.8 Å². The van der Waals surface area contributed by atoms with Gasteiger partial charge in [-0.2, -0.15) is 0 Å². The maximum Gasteiger partial charge on any atom is 0.231 e.